The molecule has 0 aliphatic carbocycles. The molecule has 0 bridgehead atoms. The Morgan fingerprint density at radius 3 is 2.67 bits per heavy atom. The van der Waals surface area contributed by atoms with E-state index in [-0.39, 0.29) is 42.5 Å². The molecule has 1 aliphatic rings. The molecule has 3 aromatic rings. The summed E-state index contributed by atoms with van der Waals surface area (Å²) in [5.41, 5.74) is 7.47. The van der Waals surface area contributed by atoms with E-state index in [0.717, 1.165) is 5.56 Å². The number of carbonyl (C=O) groups excluding carboxylic acids is 2. The Bertz CT molecular complexity index is 1160. The molecule has 1 aliphatic heterocycles. The number of phenols is 1. The van der Waals surface area contributed by atoms with Gasteiger partial charge in [0.25, 0.3) is 5.91 Å². The molecule has 3 heterocycles. The SMILES string of the molecule is Cn1cnc(-c2cnc(OC3CCN(C(=O)Cc4ccc(O)cc4)CC3F)c(C(N)=O)c2)c1. The number of carbonyl (C=O) groups is 2. The van der Waals surface area contributed by atoms with Gasteiger partial charge in [-0.15, -0.1) is 0 Å². The van der Waals surface area contributed by atoms with Crippen LogP contribution in [0.1, 0.15) is 22.3 Å². The number of amides is 2. The summed E-state index contributed by atoms with van der Waals surface area (Å²) in [5.74, 6) is -0.881. The lowest BCUT2D eigenvalue weighted by atomic mass is 10.0. The molecule has 1 aromatic carbocycles. The van der Waals surface area contributed by atoms with E-state index in [1.807, 2.05) is 7.05 Å². The minimum atomic E-state index is -1.46. The van der Waals surface area contributed by atoms with Crippen LogP contribution in [0.5, 0.6) is 11.6 Å². The highest BCUT2D eigenvalue weighted by molar-refractivity contribution is 5.96. The molecule has 33 heavy (non-hydrogen) atoms. The van der Waals surface area contributed by atoms with Crippen molar-refractivity contribution in [3.8, 4) is 22.9 Å². The van der Waals surface area contributed by atoms with Crippen LogP contribution in [0, 0.1) is 0 Å². The van der Waals surface area contributed by atoms with Crippen LogP contribution in [-0.4, -0.2) is 61.7 Å². The second-order valence-corrected chi connectivity index (χ2v) is 8.01. The zero-order valence-corrected chi connectivity index (χ0v) is 18.0. The molecule has 2 aromatic heterocycles. The number of halogens is 1. The van der Waals surface area contributed by atoms with E-state index in [2.05, 4.69) is 9.97 Å². The topological polar surface area (TPSA) is 124 Å². The number of phenolic OH excluding ortho intramolecular Hbond substituents is 1. The summed E-state index contributed by atoms with van der Waals surface area (Å²) in [6, 6.07) is 7.84. The first-order valence-corrected chi connectivity index (χ1v) is 10.4. The lowest BCUT2D eigenvalue weighted by Gasteiger charge is -2.34. The van der Waals surface area contributed by atoms with Gasteiger partial charge in [-0.1, -0.05) is 12.1 Å². The second-order valence-electron chi connectivity index (χ2n) is 8.01. The van der Waals surface area contributed by atoms with E-state index in [4.69, 9.17) is 10.5 Å². The molecule has 1 fully saturated rings. The van der Waals surface area contributed by atoms with Gasteiger partial charge in [0.2, 0.25) is 11.8 Å². The van der Waals surface area contributed by atoms with Crippen molar-refractivity contribution in [3.63, 3.8) is 0 Å². The maximum Gasteiger partial charge on any atom is 0.254 e. The fraction of sp³-hybridized carbons (Fsp3) is 0.304. The van der Waals surface area contributed by atoms with Gasteiger partial charge in [0.1, 0.15) is 17.4 Å². The zero-order valence-electron chi connectivity index (χ0n) is 18.0. The van der Waals surface area contributed by atoms with Crippen LogP contribution in [0.2, 0.25) is 0 Å². The number of hydrogen-bond donors (Lipinski definition) is 2. The first-order chi connectivity index (χ1) is 15.8. The number of imidazole rings is 1. The fourth-order valence-corrected chi connectivity index (χ4v) is 3.71. The Balaban J connectivity index is 1.42. The molecule has 0 radical (unpaired) electrons. The largest absolute Gasteiger partial charge is 0.508 e. The smallest absolute Gasteiger partial charge is 0.254 e. The minimum absolute atomic E-state index is 0.0381. The van der Waals surface area contributed by atoms with Crippen molar-refractivity contribution in [1.82, 2.24) is 19.4 Å². The number of aryl methyl sites for hydroxylation is 1. The van der Waals surface area contributed by atoms with Gasteiger partial charge in [0, 0.05) is 38.0 Å². The third kappa shape index (κ3) is 5.11. The number of pyridine rings is 1. The molecule has 2 atom stereocenters. The predicted molar refractivity (Wildman–Crippen MR) is 117 cm³/mol. The summed E-state index contributed by atoms with van der Waals surface area (Å²) < 4.78 is 22.4. The maximum absolute atomic E-state index is 14.9. The van der Waals surface area contributed by atoms with E-state index in [9.17, 15) is 19.1 Å². The molecular weight excluding hydrogens is 429 g/mol. The van der Waals surface area contributed by atoms with Gasteiger partial charge >= 0.3 is 0 Å². The number of aromatic hydroxyl groups is 1. The summed E-state index contributed by atoms with van der Waals surface area (Å²) >= 11 is 0. The molecule has 172 valence electrons. The number of nitrogens with two attached hydrogens (primary N) is 1. The molecule has 2 unspecified atom stereocenters. The highest BCUT2D eigenvalue weighted by atomic mass is 19.1. The molecule has 0 spiro atoms. The van der Waals surface area contributed by atoms with Crippen LogP contribution < -0.4 is 10.5 Å². The number of rotatable bonds is 6. The molecule has 10 heteroatoms. The third-order valence-electron chi connectivity index (χ3n) is 5.51. The Kier molecular flexibility index (Phi) is 6.25. The second kappa shape index (κ2) is 9.27. The van der Waals surface area contributed by atoms with Gasteiger partial charge in [0.15, 0.2) is 6.17 Å². The molecule has 9 nitrogen and oxygen atoms in total. The summed E-state index contributed by atoms with van der Waals surface area (Å²) in [6.07, 6.45) is 2.91. The number of alkyl halides is 1. The Hall–Kier alpha value is -3.95. The fourth-order valence-electron chi connectivity index (χ4n) is 3.71. The first kappa shape index (κ1) is 22.3. The number of piperidine rings is 1. The van der Waals surface area contributed by atoms with Crippen LogP contribution in [-0.2, 0) is 18.3 Å². The maximum atomic E-state index is 14.9. The number of primary amides is 1. The van der Waals surface area contributed by atoms with E-state index in [1.165, 1.54) is 29.3 Å². The van der Waals surface area contributed by atoms with Crippen LogP contribution >= 0.6 is 0 Å². The van der Waals surface area contributed by atoms with Gasteiger partial charge in [0.05, 0.1) is 25.0 Å². The standard InChI is InChI=1S/C23H24FN5O4/c1-28-12-19(27-13-28)15-9-17(22(25)32)23(26-10-15)33-20-6-7-29(11-18(20)24)21(31)8-14-2-4-16(30)5-3-14/h2-5,9-10,12-13,18,20,30H,6-8,11H2,1H3,(H2,25,32). The molecule has 2 amide bonds. The van der Waals surface area contributed by atoms with Crippen LogP contribution in [0.25, 0.3) is 11.3 Å². The van der Waals surface area contributed by atoms with Gasteiger partial charge < -0.3 is 25.0 Å². The number of aromatic nitrogens is 3. The van der Waals surface area contributed by atoms with Gasteiger partial charge in [-0.25, -0.2) is 14.4 Å². The van der Waals surface area contributed by atoms with Crippen molar-refractivity contribution in [3.05, 3.63) is 60.2 Å². The average Bonchev–Trinajstić information content (AvgIpc) is 3.23. The van der Waals surface area contributed by atoms with Crippen molar-refractivity contribution < 1.29 is 23.8 Å². The number of likely N-dealkylation sites (tertiary alicyclic amines) is 1. The Labute approximate surface area is 189 Å². The minimum Gasteiger partial charge on any atom is -0.508 e. The van der Waals surface area contributed by atoms with Crippen molar-refractivity contribution in [1.29, 1.82) is 0 Å². The van der Waals surface area contributed by atoms with Gasteiger partial charge in [-0.2, -0.15) is 0 Å². The Morgan fingerprint density at radius 1 is 1.27 bits per heavy atom. The first-order valence-electron chi connectivity index (χ1n) is 10.4. The summed E-state index contributed by atoms with van der Waals surface area (Å²) in [6.45, 7) is 0.180. The van der Waals surface area contributed by atoms with Crippen molar-refractivity contribution in [2.75, 3.05) is 13.1 Å². The van der Waals surface area contributed by atoms with E-state index in [1.54, 1.807) is 29.2 Å². The molecular formula is C23H24FN5O4. The lowest BCUT2D eigenvalue weighted by Crippen LogP contribution is -2.49. The predicted octanol–water partition coefficient (Wildman–Crippen LogP) is 1.85. The summed E-state index contributed by atoms with van der Waals surface area (Å²) in [4.78, 5) is 34.4. The number of benzene rings is 1. The zero-order chi connectivity index (χ0) is 23.5. The van der Waals surface area contributed by atoms with Crippen LogP contribution in [0.3, 0.4) is 0 Å². The van der Waals surface area contributed by atoms with Crippen LogP contribution in [0.15, 0.2) is 49.1 Å². The van der Waals surface area contributed by atoms with Crippen LogP contribution in [0.4, 0.5) is 4.39 Å². The van der Waals surface area contributed by atoms with Gasteiger partial charge in [-0.05, 0) is 23.8 Å². The molecule has 1 saturated heterocycles. The number of ether oxygens (including phenoxy) is 1. The van der Waals surface area contributed by atoms with Crippen molar-refractivity contribution >= 4 is 11.8 Å². The van der Waals surface area contributed by atoms with Crippen molar-refractivity contribution in [2.24, 2.45) is 12.8 Å². The van der Waals surface area contributed by atoms with E-state index < -0.39 is 18.2 Å². The normalized spacial score (nSPS) is 18.2. The average molecular weight is 453 g/mol. The monoisotopic (exact) mass is 453 g/mol. The summed E-state index contributed by atoms with van der Waals surface area (Å²) in [5, 5.41) is 9.36. The van der Waals surface area contributed by atoms with E-state index in [0.29, 0.717) is 17.8 Å². The lowest BCUT2D eigenvalue weighted by molar-refractivity contribution is -0.134. The molecule has 0 saturated carbocycles. The van der Waals surface area contributed by atoms with E-state index >= 15 is 0 Å². The number of nitrogens with zero attached hydrogens (tertiary/aromatic N) is 4. The summed E-state index contributed by atoms with van der Waals surface area (Å²) in [7, 11) is 1.82. The highest BCUT2D eigenvalue weighted by Gasteiger charge is 2.34. The molecule has 3 N–H and O–H groups in total. The van der Waals surface area contributed by atoms with Crippen molar-refractivity contribution in [2.45, 2.75) is 25.1 Å². The highest BCUT2D eigenvalue weighted by Crippen LogP contribution is 2.27. The quantitative estimate of drug-likeness (QED) is 0.587. The number of hydrogen-bond acceptors (Lipinski definition) is 6. The third-order valence-corrected chi connectivity index (χ3v) is 5.51. The van der Waals surface area contributed by atoms with Gasteiger partial charge in [-0.3, -0.25) is 9.59 Å². The Morgan fingerprint density at radius 2 is 2.03 bits per heavy atom. The molecule has 4 rings (SSSR count).